The molecule has 29 heavy (non-hydrogen) atoms. The fraction of sp³-hybridized carbons (Fsp3) is 0.250. The van der Waals surface area contributed by atoms with Crippen LogP contribution in [0.2, 0.25) is 0 Å². The van der Waals surface area contributed by atoms with Crippen LogP contribution in [0.4, 0.5) is 0 Å². The Balaban J connectivity index is 1.68. The fourth-order valence-corrected chi connectivity index (χ4v) is 3.85. The molecule has 1 atom stereocenters. The molecule has 5 heteroatoms. The molecule has 1 saturated heterocycles. The van der Waals surface area contributed by atoms with Crippen molar-refractivity contribution in [2.24, 2.45) is 5.92 Å². The molecule has 0 saturated carbocycles. The topological polar surface area (TPSA) is 65.2 Å². The zero-order valence-electron chi connectivity index (χ0n) is 16.5. The Labute approximate surface area is 170 Å². The molecule has 1 aliphatic heterocycles. The molecule has 2 amide bonds. The first-order chi connectivity index (χ1) is 14.1. The van der Waals surface area contributed by atoms with Gasteiger partial charge in [0.15, 0.2) is 0 Å². The molecular weight excluding hydrogens is 362 g/mol. The highest BCUT2D eigenvalue weighted by Crippen LogP contribution is 2.22. The molecule has 5 nitrogen and oxygen atoms in total. The smallest absolute Gasteiger partial charge is 0.270 e. The largest absolute Gasteiger partial charge is 0.361 e. The second-order valence-corrected chi connectivity index (χ2v) is 7.67. The Kier molecular flexibility index (Phi) is 5.47. The maximum absolute atomic E-state index is 13.3. The predicted molar refractivity (Wildman–Crippen MR) is 115 cm³/mol. The molecule has 4 rings (SSSR count). The molecule has 1 aromatic heterocycles. The number of carbonyl (C=O) groups is 2. The molecule has 2 aromatic carbocycles. The number of H-pyrrole nitrogens is 1. The van der Waals surface area contributed by atoms with E-state index in [4.69, 9.17) is 0 Å². The second kappa shape index (κ2) is 8.35. The molecule has 2 N–H and O–H groups in total. The van der Waals surface area contributed by atoms with Crippen molar-refractivity contribution >= 4 is 28.8 Å². The van der Waals surface area contributed by atoms with Gasteiger partial charge in [0.05, 0.1) is 0 Å². The number of nitrogens with one attached hydrogen (secondary N) is 2. The van der Waals surface area contributed by atoms with Crippen molar-refractivity contribution in [1.82, 2.24) is 15.2 Å². The number of para-hydroxylation sites is 1. The molecule has 0 radical (unpaired) electrons. The van der Waals surface area contributed by atoms with E-state index in [9.17, 15) is 9.59 Å². The van der Waals surface area contributed by atoms with Crippen LogP contribution in [0.25, 0.3) is 17.0 Å². The van der Waals surface area contributed by atoms with Crippen molar-refractivity contribution in [1.29, 1.82) is 0 Å². The summed E-state index contributed by atoms with van der Waals surface area (Å²) in [6.07, 6.45) is 5.76. The van der Waals surface area contributed by atoms with E-state index in [1.54, 1.807) is 18.2 Å². The highest BCUT2D eigenvalue weighted by molar-refractivity contribution is 6.06. The number of benzene rings is 2. The third-order valence-electron chi connectivity index (χ3n) is 5.38. The second-order valence-electron chi connectivity index (χ2n) is 7.67. The van der Waals surface area contributed by atoms with Gasteiger partial charge in [-0.15, -0.1) is 0 Å². The summed E-state index contributed by atoms with van der Waals surface area (Å²) in [5.74, 6) is 0.0491. The molecule has 148 valence electrons. The van der Waals surface area contributed by atoms with Crippen molar-refractivity contribution in [3.63, 3.8) is 0 Å². The highest BCUT2D eigenvalue weighted by Gasteiger charge is 2.25. The van der Waals surface area contributed by atoms with Gasteiger partial charge in [-0.05, 0) is 43.0 Å². The summed E-state index contributed by atoms with van der Waals surface area (Å²) in [6.45, 7) is 3.59. The van der Waals surface area contributed by atoms with Crippen LogP contribution < -0.4 is 5.32 Å². The SMILES string of the molecule is C[C@@H]1CCCN(C(=O)/C(=C/c2c[nH]c3ccccc23)NC(=O)c2ccccc2)C1. The van der Waals surface area contributed by atoms with Gasteiger partial charge in [0.1, 0.15) is 5.70 Å². The maximum atomic E-state index is 13.3. The van der Waals surface area contributed by atoms with E-state index in [0.717, 1.165) is 35.9 Å². The highest BCUT2D eigenvalue weighted by atomic mass is 16.2. The van der Waals surface area contributed by atoms with Gasteiger partial charge in [-0.2, -0.15) is 0 Å². The average Bonchev–Trinajstić information content (AvgIpc) is 3.16. The van der Waals surface area contributed by atoms with Gasteiger partial charge in [0.25, 0.3) is 11.8 Å². The Bertz CT molecular complexity index is 1050. The predicted octanol–water partition coefficient (Wildman–Crippen LogP) is 4.20. The number of hydrogen-bond donors (Lipinski definition) is 2. The summed E-state index contributed by atoms with van der Waals surface area (Å²) in [5, 5.41) is 3.88. The molecule has 1 aliphatic rings. The number of rotatable bonds is 4. The molecule has 1 fully saturated rings. The molecular formula is C24H25N3O2. The first-order valence-electron chi connectivity index (χ1n) is 10.1. The van der Waals surface area contributed by atoms with Crippen LogP contribution >= 0.6 is 0 Å². The third kappa shape index (κ3) is 4.24. The number of amides is 2. The zero-order valence-corrected chi connectivity index (χ0v) is 16.5. The Morgan fingerprint density at radius 3 is 2.66 bits per heavy atom. The standard InChI is InChI=1S/C24H25N3O2/c1-17-8-7-13-27(16-17)24(29)22(26-23(28)18-9-3-2-4-10-18)14-19-15-25-21-12-6-5-11-20(19)21/h2-6,9-12,14-15,17,25H,7-8,13,16H2,1H3,(H,26,28)/b22-14-/t17-/m1/s1. The van der Waals surface area contributed by atoms with Gasteiger partial charge < -0.3 is 15.2 Å². The monoisotopic (exact) mass is 387 g/mol. The number of likely N-dealkylation sites (tertiary alicyclic amines) is 1. The lowest BCUT2D eigenvalue weighted by molar-refractivity contribution is -0.129. The quantitative estimate of drug-likeness (QED) is 0.659. The first kappa shape index (κ1) is 19.0. The van der Waals surface area contributed by atoms with Crippen molar-refractivity contribution < 1.29 is 9.59 Å². The molecule has 0 bridgehead atoms. The van der Waals surface area contributed by atoms with E-state index in [0.29, 0.717) is 23.7 Å². The maximum Gasteiger partial charge on any atom is 0.270 e. The number of fused-ring (bicyclic) bond motifs is 1. The lowest BCUT2D eigenvalue weighted by atomic mass is 10.00. The van der Waals surface area contributed by atoms with Gasteiger partial charge in [0.2, 0.25) is 0 Å². The van der Waals surface area contributed by atoms with Gasteiger partial charge in [0, 0.05) is 41.3 Å². The minimum absolute atomic E-state index is 0.133. The summed E-state index contributed by atoms with van der Waals surface area (Å²) in [5.41, 5.74) is 2.70. The minimum Gasteiger partial charge on any atom is -0.361 e. The normalized spacial score (nSPS) is 17.3. The summed E-state index contributed by atoms with van der Waals surface area (Å²) in [6, 6.07) is 16.9. The van der Waals surface area contributed by atoms with Gasteiger partial charge in [-0.25, -0.2) is 0 Å². The number of hydrogen-bond acceptors (Lipinski definition) is 2. The molecule has 2 heterocycles. The van der Waals surface area contributed by atoms with Crippen LogP contribution in [0, 0.1) is 5.92 Å². The van der Waals surface area contributed by atoms with E-state index < -0.39 is 0 Å². The van der Waals surface area contributed by atoms with Gasteiger partial charge in [-0.1, -0.05) is 43.3 Å². The Morgan fingerprint density at radius 1 is 1.10 bits per heavy atom. The Morgan fingerprint density at radius 2 is 1.86 bits per heavy atom. The summed E-state index contributed by atoms with van der Waals surface area (Å²) < 4.78 is 0. The van der Waals surface area contributed by atoms with Crippen LogP contribution in [0.3, 0.4) is 0 Å². The van der Waals surface area contributed by atoms with Gasteiger partial charge in [-0.3, -0.25) is 9.59 Å². The summed E-state index contributed by atoms with van der Waals surface area (Å²) in [4.78, 5) is 31.1. The number of nitrogens with zero attached hydrogens (tertiary/aromatic N) is 1. The van der Waals surface area contributed by atoms with E-state index in [2.05, 4.69) is 17.2 Å². The van der Waals surface area contributed by atoms with Crippen LogP contribution in [-0.4, -0.2) is 34.8 Å². The first-order valence-corrected chi connectivity index (χ1v) is 10.1. The average molecular weight is 387 g/mol. The number of piperidine rings is 1. The molecule has 0 spiro atoms. The van der Waals surface area contributed by atoms with Crippen molar-refractivity contribution in [2.45, 2.75) is 19.8 Å². The van der Waals surface area contributed by atoms with E-state index in [-0.39, 0.29) is 11.8 Å². The van der Waals surface area contributed by atoms with Crippen molar-refractivity contribution in [3.8, 4) is 0 Å². The zero-order chi connectivity index (χ0) is 20.2. The summed E-state index contributed by atoms with van der Waals surface area (Å²) >= 11 is 0. The Hall–Kier alpha value is -3.34. The van der Waals surface area contributed by atoms with Crippen LogP contribution in [0.5, 0.6) is 0 Å². The number of aromatic nitrogens is 1. The molecule has 0 unspecified atom stereocenters. The van der Waals surface area contributed by atoms with Crippen molar-refractivity contribution in [3.05, 3.63) is 77.6 Å². The lowest BCUT2D eigenvalue weighted by Gasteiger charge is -2.31. The van der Waals surface area contributed by atoms with E-state index in [1.807, 2.05) is 53.6 Å². The summed E-state index contributed by atoms with van der Waals surface area (Å²) in [7, 11) is 0. The fourth-order valence-electron chi connectivity index (χ4n) is 3.85. The van der Waals surface area contributed by atoms with Crippen LogP contribution in [-0.2, 0) is 4.79 Å². The molecule has 0 aliphatic carbocycles. The number of carbonyl (C=O) groups excluding carboxylic acids is 2. The van der Waals surface area contributed by atoms with Crippen molar-refractivity contribution in [2.75, 3.05) is 13.1 Å². The van der Waals surface area contributed by atoms with E-state index in [1.165, 1.54) is 0 Å². The molecule has 3 aromatic rings. The third-order valence-corrected chi connectivity index (χ3v) is 5.38. The van der Waals surface area contributed by atoms with E-state index >= 15 is 0 Å². The van der Waals surface area contributed by atoms with Gasteiger partial charge >= 0.3 is 0 Å². The van der Waals surface area contributed by atoms with Crippen LogP contribution in [0.15, 0.2) is 66.5 Å². The number of aromatic amines is 1. The lowest BCUT2D eigenvalue weighted by Crippen LogP contribution is -2.43. The minimum atomic E-state index is -0.282. The van der Waals surface area contributed by atoms with Crippen LogP contribution in [0.1, 0.15) is 35.7 Å².